The van der Waals surface area contributed by atoms with Gasteiger partial charge in [-0.25, -0.2) is 9.59 Å². The van der Waals surface area contributed by atoms with Crippen molar-refractivity contribution in [3.8, 4) is 11.8 Å². The predicted octanol–water partition coefficient (Wildman–Crippen LogP) is 2.02. The lowest BCUT2D eigenvalue weighted by Gasteiger charge is -2.35. The maximum Gasteiger partial charge on any atom is 0.410 e. The average molecular weight is 554 g/mol. The third-order valence-corrected chi connectivity index (χ3v) is 7.06. The highest BCUT2D eigenvalue weighted by Gasteiger charge is 2.31. The number of imide groups is 1. The van der Waals surface area contributed by atoms with Crippen LogP contribution in [0.3, 0.4) is 0 Å². The fourth-order valence-corrected chi connectivity index (χ4v) is 4.95. The second-order valence-electron chi connectivity index (χ2n) is 11.3. The molecule has 216 valence electrons. The Morgan fingerprint density at radius 3 is 2.52 bits per heavy atom. The highest BCUT2D eigenvalue weighted by Crippen LogP contribution is 2.23. The summed E-state index contributed by atoms with van der Waals surface area (Å²) in [5, 5.41) is 2.32. The molecule has 1 unspecified atom stereocenters. The lowest BCUT2D eigenvalue weighted by atomic mass is 10.1. The standard InChI is InChI=1S/C29H39N5O6/c1-29(2,3)40-28(38)33-16-14-32(15-17-33)13-5-6-18-39-19-7-8-21-9-10-22-24(20-21)31(4)27(37)34(22)23-11-12-25(35)30-26(23)36/h9-10,20,23H,5-6,11-19H2,1-4H3,(H,30,35,36). The molecule has 40 heavy (non-hydrogen) atoms. The van der Waals surface area contributed by atoms with Crippen molar-refractivity contribution < 1.29 is 23.9 Å². The van der Waals surface area contributed by atoms with Gasteiger partial charge in [-0.2, -0.15) is 0 Å². The van der Waals surface area contributed by atoms with Crippen LogP contribution < -0.4 is 11.0 Å². The van der Waals surface area contributed by atoms with Crippen LogP contribution in [0.2, 0.25) is 0 Å². The van der Waals surface area contributed by atoms with Crippen LogP contribution in [0.4, 0.5) is 4.79 Å². The molecule has 2 fully saturated rings. The Labute approximate surface area is 234 Å². The maximum atomic E-state index is 12.9. The molecule has 11 nitrogen and oxygen atoms in total. The molecule has 2 aromatic rings. The zero-order valence-electron chi connectivity index (χ0n) is 23.8. The summed E-state index contributed by atoms with van der Waals surface area (Å²) >= 11 is 0. The topological polar surface area (TPSA) is 115 Å². The number of amides is 3. The molecule has 1 aromatic heterocycles. The van der Waals surface area contributed by atoms with E-state index in [9.17, 15) is 19.2 Å². The first-order valence-electron chi connectivity index (χ1n) is 13.8. The van der Waals surface area contributed by atoms with Gasteiger partial charge < -0.3 is 14.4 Å². The number of ether oxygens (including phenoxy) is 2. The van der Waals surface area contributed by atoms with Gasteiger partial charge in [0.25, 0.3) is 0 Å². The number of nitrogens with zero attached hydrogens (tertiary/aromatic N) is 4. The van der Waals surface area contributed by atoms with Gasteiger partial charge in [0.1, 0.15) is 18.2 Å². The molecule has 1 atom stereocenters. The number of imidazole rings is 1. The van der Waals surface area contributed by atoms with Gasteiger partial charge in [-0.3, -0.25) is 28.9 Å². The van der Waals surface area contributed by atoms with Crippen molar-refractivity contribution in [1.82, 2.24) is 24.3 Å². The minimum Gasteiger partial charge on any atom is -0.444 e. The fourth-order valence-electron chi connectivity index (χ4n) is 4.95. The van der Waals surface area contributed by atoms with Crippen LogP contribution in [0.1, 0.15) is 58.1 Å². The Kier molecular flexibility index (Phi) is 9.32. The number of unbranched alkanes of at least 4 members (excludes halogenated alkanes) is 1. The van der Waals surface area contributed by atoms with E-state index >= 15 is 0 Å². The molecule has 3 amide bonds. The van der Waals surface area contributed by atoms with Crippen LogP contribution in [0, 0.1) is 11.8 Å². The maximum absolute atomic E-state index is 12.9. The van der Waals surface area contributed by atoms with E-state index in [0.717, 1.165) is 38.0 Å². The van der Waals surface area contributed by atoms with Gasteiger partial charge in [0.2, 0.25) is 11.8 Å². The number of aryl methyl sites for hydroxylation is 1. The lowest BCUT2D eigenvalue weighted by Crippen LogP contribution is -2.50. The SMILES string of the molecule is Cn1c(=O)n(C2CCC(=O)NC2=O)c2ccc(C#CCOCCCCN3CCN(C(=O)OC(C)(C)C)CC3)cc21. The summed E-state index contributed by atoms with van der Waals surface area (Å²) < 4.78 is 14.1. The summed E-state index contributed by atoms with van der Waals surface area (Å²) in [6.07, 6.45) is 2.20. The first kappa shape index (κ1) is 29.4. The van der Waals surface area contributed by atoms with Crippen molar-refractivity contribution in [3.63, 3.8) is 0 Å². The smallest absolute Gasteiger partial charge is 0.410 e. The third-order valence-electron chi connectivity index (χ3n) is 7.06. The number of hydrogen-bond acceptors (Lipinski definition) is 7. The summed E-state index contributed by atoms with van der Waals surface area (Å²) in [6.45, 7) is 10.6. The Morgan fingerprint density at radius 2 is 1.82 bits per heavy atom. The quantitative estimate of drug-likeness (QED) is 0.317. The largest absolute Gasteiger partial charge is 0.444 e. The fraction of sp³-hybridized carbons (Fsp3) is 0.586. The van der Waals surface area contributed by atoms with E-state index in [0.29, 0.717) is 43.8 Å². The molecule has 4 rings (SSSR count). The van der Waals surface area contributed by atoms with Crippen molar-refractivity contribution >= 4 is 28.9 Å². The molecule has 0 saturated carbocycles. The van der Waals surface area contributed by atoms with E-state index in [1.54, 1.807) is 18.0 Å². The average Bonchev–Trinajstić information content (AvgIpc) is 3.14. The van der Waals surface area contributed by atoms with E-state index in [-0.39, 0.29) is 24.1 Å². The summed E-state index contributed by atoms with van der Waals surface area (Å²) in [6, 6.07) is 4.73. The molecule has 3 heterocycles. The number of piperidine rings is 1. The summed E-state index contributed by atoms with van der Waals surface area (Å²) in [7, 11) is 1.66. The molecular weight excluding hydrogens is 514 g/mol. The molecular formula is C29H39N5O6. The second-order valence-corrected chi connectivity index (χ2v) is 11.3. The van der Waals surface area contributed by atoms with E-state index in [2.05, 4.69) is 22.1 Å². The van der Waals surface area contributed by atoms with Gasteiger partial charge >= 0.3 is 11.8 Å². The lowest BCUT2D eigenvalue weighted by molar-refractivity contribution is -0.135. The zero-order valence-corrected chi connectivity index (χ0v) is 23.8. The number of nitrogens with one attached hydrogen (secondary N) is 1. The Balaban J connectivity index is 1.19. The van der Waals surface area contributed by atoms with Crippen molar-refractivity contribution in [2.75, 3.05) is 45.9 Å². The zero-order chi connectivity index (χ0) is 28.9. The van der Waals surface area contributed by atoms with Crippen LogP contribution in [0.25, 0.3) is 11.0 Å². The molecule has 11 heteroatoms. The van der Waals surface area contributed by atoms with E-state index in [1.807, 2.05) is 32.9 Å². The van der Waals surface area contributed by atoms with Crippen LogP contribution in [0.5, 0.6) is 0 Å². The molecule has 1 aromatic carbocycles. The van der Waals surface area contributed by atoms with E-state index < -0.39 is 17.6 Å². The van der Waals surface area contributed by atoms with Gasteiger partial charge in [-0.1, -0.05) is 11.8 Å². The number of piperazine rings is 1. The summed E-state index contributed by atoms with van der Waals surface area (Å²) in [5.74, 6) is 5.34. The Bertz CT molecular complexity index is 1370. The Morgan fingerprint density at radius 1 is 1.07 bits per heavy atom. The van der Waals surface area contributed by atoms with Crippen molar-refractivity contribution in [2.24, 2.45) is 7.05 Å². The summed E-state index contributed by atoms with van der Waals surface area (Å²) in [4.78, 5) is 53.0. The molecule has 1 N–H and O–H groups in total. The van der Waals surface area contributed by atoms with Gasteiger partial charge in [0.15, 0.2) is 0 Å². The van der Waals surface area contributed by atoms with Crippen LogP contribution in [-0.4, -0.2) is 88.4 Å². The van der Waals surface area contributed by atoms with Crippen LogP contribution in [-0.2, 0) is 26.1 Å². The third kappa shape index (κ3) is 7.31. The number of carbonyl (C=O) groups excluding carboxylic acids is 3. The molecule has 0 spiro atoms. The van der Waals surface area contributed by atoms with Crippen molar-refractivity contribution in [1.29, 1.82) is 0 Å². The van der Waals surface area contributed by atoms with Crippen LogP contribution >= 0.6 is 0 Å². The minimum absolute atomic E-state index is 0.204. The number of rotatable bonds is 7. The van der Waals surface area contributed by atoms with Crippen LogP contribution in [0.15, 0.2) is 23.0 Å². The van der Waals surface area contributed by atoms with Gasteiger partial charge in [0.05, 0.1) is 11.0 Å². The molecule has 0 radical (unpaired) electrons. The first-order chi connectivity index (χ1) is 19.0. The number of benzene rings is 1. The van der Waals surface area contributed by atoms with E-state index in [1.165, 1.54) is 9.13 Å². The van der Waals surface area contributed by atoms with Gasteiger partial charge in [-0.15, -0.1) is 0 Å². The molecule has 2 aliphatic heterocycles. The molecule has 0 bridgehead atoms. The molecule has 2 saturated heterocycles. The molecule has 0 aliphatic carbocycles. The summed E-state index contributed by atoms with van der Waals surface area (Å²) in [5.41, 5.74) is 1.28. The second kappa shape index (κ2) is 12.7. The number of carbonyl (C=O) groups is 3. The highest BCUT2D eigenvalue weighted by atomic mass is 16.6. The Hall–Kier alpha value is -3.62. The highest BCUT2D eigenvalue weighted by molar-refractivity contribution is 6.00. The minimum atomic E-state index is -0.707. The monoisotopic (exact) mass is 553 g/mol. The normalized spacial score (nSPS) is 18.4. The first-order valence-corrected chi connectivity index (χ1v) is 13.8. The number of aromatic nitrogens is 2. The van der Waals surface area contributed by atoms with E-state index in [4.69, 9.17) is 9.47 Å². The number of hydrogen-bond donors (Lipinski definition) is 1. The molecule has 2 aliphatic rings. The van der Waals surface area contributed by atoms with Crippen molar-refractivity contribution in [2.45, 2.75) is 58.1 Å². The number of fused-ring (bicyclic) bond motifs is 1. The van der Waals surface area contributed by atoms with Gasteiger partial charge in [0, 0.05) is 51.8 Å². The predicted molar refractivity (Wildman–Crippen MR) is 150 cm³/mol. The van der Waals surface area contributed by atoms with Crippen molar-refractivity contribution in [3.05, 3.63) is 34.2 Å². The van der Waals surface area contributed by atoms with Gasteiger partial charge in [-0.05, 0) is 64.8 Å².